The van der Waals surface area contributed by atoms with Crippen molar-refractivity contribution in [3.8, 4) is 0 Å². The van der Waals surface area contributed by atoms with E-state index in [1.54, 1.807) is 0 Å². The van der Waals surface area contributed by atoms with Crippen molar-refractivity contribution in [2.45, 2.75) is 39.3 Å². The van der Waals surface area contributed by atoms with Crippen LogP contribution >= 0.6 is 0 Å². The fraction of sp³-hybridized carbons (Fsp3) is 0.360. The maximum absolute atomic E-state index is 13.3. The fourth-order valence-corrected chi connectivity index (χ4v) is 4.67. The number of rotatable bonds is 5. The summed E-state index contributed by atoms with van der Waals surface area (Å²) in [6.07, 6.45) is 2.20. The molecule has 0 aliphatic carbocycles. The van der Waals surface area contributed by atoms with Gasteiger partial charge in [0.1, 0.15) is 6.04 Å². The molecule has 164 valence electrons. The molecule has 0 unspecified atom stereocenters. The van der Waals surface area contributed by atoms with Gasteiger partial charge in [-0.15, -0.1) is 5.10 Å². The van der Waals surface area contributed by atoms with Gasteiger partial charge in [-0.25, -0.2) is 4.68 Å². The molecule has 7 nitrogen and oxygen atoms in total. The molecule has 1 N–H and O–H groups in total. The topological polar surface area (TPSA) is 79.7 Å². The van der Waals surface area contributed by atoms with Gasteiger partial charge in [0.25, 0.3) is 5.56 Å². The number of aryl methyl sites for hydroxylation is 1. The van der Waals surface area contributed by atoms with E-state index in [-0.39, 0.29) is 11.6 Å². The normalized spacial score (nSPS) is 16.4. The molecule has 3 heterocycles. The number of fused-ring (bicyclic) bond motifs is 1. The van der Waals surface area contributed by atoms with Gasteiger partial charge in [-0.1, -0.05) is 55.5 Å². The Kier molecular flexibility index (Phi) is 5.57. The third kappa shape index (κ3) is 3.96. The Hall–Kier alpha value is -3.32. The molecule has 4 aromatic rings. The van der Waals surface area contributed by atoms with Crippen LogP contribution in [0.2, 0.25) is 0 Å². The van der Waals surface area contributed by atoms with Crippen molar-refractivity contribution in [3.05, 3.63) is 87.5 Å². The van der Waals surface area contributed by atoms with Crippen LogP contribution in [0.4, 0.5) is 0 Å². The first-order chi connectivity index (χ1) is 15.6. The zero-order chi connectivity index (χ0) is 22.1. The van der Waals surface area contributed by atoms with E-state index in [0.29, 0.717) is 23.9 Å². The smallest absolute Gasteiger partial charge is 0.253 e. The SMILES string of the molecule is Cc1cccc2cc([C@@H](c3nnnn3Cc3ccccc3)N3CCC(C)CC3)c(=O)[nH]c12. The average Bonchev–Trinajstić information content (AvgIpc) is 3.24. The summed E-state index contributed by atoms with van der Waals surface area (Å²) in [6, 6.07) is 18.0. The average molecular weight is 429 g/mol. The van der Waals surface area contributed by atoms with Crippen molar-refractivity contribution >= 4 is 10.9 Å². The second-order valence-electron chi connectivity index (χ2n) is 8.89. The standard InChI is InChI=1S/C25H28N6O/c1-17-11-13-30(14-12-17)23(21-15-20-10-6-7-18(2)22(20)26-25(21)32)24-27-28-29-31(24)16-19-8-4-3-5-9-19/h3-10,15,17,23H,11-14,16H2,1-2H3,(H,26,32)/t23-/m0/s1. The number of hydrogen-bond donors (Lipinski definition) is 1. The number of nitrogens with zero attached hydrogens (tertiary/aromatic N) is 5. The Morgan fingerprint density at radius 1 is 1.09 bits per heavy atom. The number of H-pyrrole nitrogens is 1. The second-order valence-corrected chi connectivity index (χ2v) is 8.89. The quantitative estimate of drug-likeness (QED) is 0.524. The van der Waals surface area contributed by atoms with Crippen LogP contribution in [0.15, 0.2) is 59.4 Å². The zero-order valence-corrected chi connectivity index (χ0v) is 18.5. The minimum absolute atomic E-state index is 0.0790. The molecule has 32 heavy (non-hydrogen) atoms. The third-order valence-corrected chi connectivity index (χ3v) is 6.57. The summed E-state index contributed by atoms with van der Waals surface area (Å²) >= 11 is 0. The molecular weight excluding hydrogens is 400 g/mol. The number of para-hydroxylation sites is 1. The molecule has 0 bridgehead atoms. The maximum atomic E-state index is 13.3. The van der Waals surface area contributed by atoms with Crippen LogP contribution in [0.1, 0.15) is 48.3 Å². The number of nitrogens with one attached hydrogen (secondary N) is 1. The van der Waals surface area contributed by atoms with E-state index in [0.717, 1.165) is 48.0 Å². The van der Waals surface area contributed by atoms with E-state index in [4.69, 9.17) is 0 Å². The third-order valence-electron chi connectivity index (χ3n) is 6.57. The summed E-state index contributed by atoms with van der Waals surface area (Å²) in [6.45, 7) is 6.69. The molecule has 2 aromatic heterocycles. The molecule has 1 aliphatic heterocycles. The number of hydrogen-bond acceptors (Lipinski definition) is 5. The molecule has 1 atom stereocenters. The lowest BCUT2D eigenvalue weighted by molar-refractivity contribution is 0.149. The molecule has 0 amide bonds. The molecule has 0 radical (unpaired) electrons. The van der Waals surface area contributed by atoms with Gasteiger partial charge >= 0.3 is 0 Å². The summed E-state index contributed by atoms with van der Waals surface area (Å²) < 4.78 is 1.83. The summed E-state index contributed by atoms with van der Waals surface area (Å²) in [7, 11) is 0. The fourth-order valence-electron chi connectivity index (χ4n) is 4.67. The van der Waals surface area contributed by atoms with Crippen LogP contribution in [0.3, 0.4) is 0 Å². The Morgan fingerprint density at radius 3 is 2.66 bits per heavy atom. The van der Waals surface area contributed by atoms with Crippen LogP contribution < -0.4 is 5.56 Å². The summed E-state index contributed by atoms with van der Waals surface area (Å²) in [5.74, 6) is 1.39. The van der Waals surface area contributed by atoms with E-state index in [1.807, 2.05) is 54.1 Å². The van der Waals surface area contributed by atoms with E-state index in [2.05, 4.69) is 44.5 Å². The van der Waals surface area contributed by atoms with Crippen molar-refractivity contribution in [2.24, 2.45) is 5.92 Å². The Morgan fingerprint density at radius 2 is 1.88 bits per heavy atom. The van der Waals surface area contributed by atoms with E-state index >= 15 is 0 Å². The number of piperidine rings is 1. The lowest BCUT2D eigenvalue weighted by atomic mass is 9.95. The van der Waals surface area contributed by atoms with Gasteiger partial charge in [0.05, 0.1) is 12.1 Å². The van der Waals surface area contributed by atoms with Crippen LogP contribution in [-0.2, 0) is 6.54 Å². The number of pyridine rings is 1. The van der Waals surface area contributed by atoms with Crippen molar-refractivity contribution in [2.75, 3.05) is 13.1 Å². The highest BCUT2D eigenvalue weighted by Crippen LogP contribution is 2.31. The summed E-state index contributed by atoms with van der Waals surface area (Å²) in [5, 5.41) is 13.7. The molecule has 0 saturated carbocycles. The lowest BCUT2D eigenvalue weighted by Crippen LogP contribution is -2.40. The van der Waals surface area contributed by atoms with Crippen LogP contribution in [0, 0.1) is 12.8 Å². The molecule has 5 rings (SSSR count). The lowest BCUT2D eigenvalue weighted by Gasteiger charge is -2.35. The molecule has 2 aromatic carbocycles. The van der Waals surface area contributed by atoms with Crippen molar-refractivity contribution in [3.63, 3.8) is 0 Å². The first-order valence-electron chi connectivity index (χ1n) is 11.3. The predicted octanol–water partition coefficient (Wildman–Crippen LogP) is 3.69. The van der Waals surface area contributed by atoms with Crippen LogP contribution in [-0.4, -0.2) is 43.2 Å². The van der Waals surface area contributed by atoms with E-state index < -0.39 is 0 Å². The highest BCUT2D eigenvalue weighted by Gasteiger charge is 2.32. The zero-order valence-electron chi connectivity index (χ0n) is 18.5. The first kappa shape index (κ1) is 20.6. The number of benzene rings is 2. The molecular formula is C25H28N6O. The van der Waals surface area contributed by atoms with Gasteiger partial charge in [0.2, 0.25) is 0 Å². The Labute approximate surface area is 187 Å². The largest absolute Gasteiger partial charge is 0.321 e. The maximum Gasteiger partial charge on any atom is 0.253 e. The second kappa shape index (κ2) is 8.67. The number of tetrazole rings is 1. The van der Waals surface area contributed by atoms with Gasteiger partial charge in [-0.3, -0.25) is 9.69 Å². The number of aromatic nitrogens is 5. The first-order valence-corrected chi connectivity index (χ1v) is 11.3. The van der Waals surface area contributed by atoms with Gasteiger partial charge in [-0.2, -0.15) is 0 Å². The van der Waals surface area contributed by atoms with E-state index in [9.17, 15) is 4.79 Å². The van der Waals surface area contributed by atoms with Crippen molar-refractivity contribution < 1.29 is 0 Å². The molecule has 1 fully saturated rings. The minimum atomic E-state index is -0.296. The monoisotopic (exact) mass is 428 g/mol. The summed E-state index contributed by atoms with van der Waals surface area (Å²) in [4.78, 5) is 18.8. The Bertz CT molecular complexity index is 1270. The molecule has 1 saturated heterocycles. The predicted molar refractivity (Wildman–Crippen MR) is 124 cm³/mol. The van der Waals surface area contributed by atoms with Gasteiger partial charge in [0, 0.05) is 5.56 Å². The van der Waals surface area contributed by atoms with Crippen molar-refractivity contribution in [1.82, 2.24) is 30.1 Å². The highest BCUT2D eigenvalue weighted by molar-refractivity contribution is 5.82. The van der Waals surface area contributed by atoms with Crippen molar-refractivity contribution in [1.29, 1.82) is 0 Å². The van der Waals surface area contributed by atoms with Gasteiger partial charge < -0.3 is 4.98 Å². The molecule has 7 heteroatoms. The minimum Gasteiger partial charge on any atom is -0.321 e. The molecule has 0 spiro atoms. The molecule has 1 aliphatic rings. The van der Waals surface area contributed by atoms with Gasteiger partial charge in [0.15, 0.2) is 5.82 Å². The highest BCUT2D eigenvalue weighted by atomic mass is 16.1. The van der Waals surface area contributed by atoms with Crippen LogP contribution in [0.25, 0.3) is 10.9 Å². The number of likely N-dealkylation sites (tertiary alicyclic amines) is 1. The van der Waals surface area contributed by atoms with Gasteiger partial charge in [-0.05, 0) is 71.8 Å². The summed E-state index contributed by atoms with van der Waals surface area (Å²) in [5.41, 5.74) is 3.68. The van der Waals surface area contributed by atoms with E-state index in [1.165, 1.54) is 0 Å². The van der Waals surface area contributed by atoms with Crippen LogP contribution in [0.5, 0.6) is 0 Å². The Balaban J connectivity index is 1.62. The number of aromatic amines is 1.